The van der Waals surface area contributed by atoms with Gasteiger partial charge in [-0.2, -0.15) is 0 Å². The van der Waals surface area contributed by atoms with Crippen LogP contribution in [0.1, 0.15) is 22.5 Å². The quantitative estimate of drug-likeness (QED) is 0.612. The van der Waals surface area contributed by atoms with Crippen molar-refractivity contribution < 1.29 is 9.59 Å². The third-order valence-corrected chi connectivity index (χ3v) is 6.00. The van der Waals surface area contributed by atoms with E-state index in [1.807, 2.05) is 10.3 Å². The molecule has 0 bridgehead atoms. The number of carbonyl (C=O) groups is 2. The molecule has 0 aliphatic carbocycles. The first-order chi connectivity index (χ1) is 15.1. The Kier molecular flexibility index (Phi) is 6.73. The average molecular weight is 457 g/mol. The second-order valence-electron chi connectivity index (χ2n) is 7.02. The van der Waals surface area contributed by atoms with Crippen molar-refractivity contribution in [1.29, 1.82) is 0 Å². The highest BCUT2D eigenvalue weighted by Gasteiger charge is 2.22. The lowest BCUT2D eigenvalue weighted by Gasteiger charge is -2.34. The fraction of sp³-hybridized carbons (Fsp3) is 0.286. The zero-order chi connectivity index (χ0) is 21.6. The minimum Gasteiger partial charge on any atom is -0.339 e. The van der Waals surface area contributed by atoms with Crippen LogP contribution in [0.25, 0.3) is 0 Å². The van der Waals surface area contributed by atoms with Gasteiger partial charge in [0.2, 0.25) is 11.9 Å². The number of hydrogen-bond acceptors (Lipinski definition) is 7. The molecule has 10 heteroatoms. The van der Waals surface area contributed by atoms with Crippen LogP contribution in [0.15, 0.2) is 48.1 Å². The van der Waals surface area contributed by atoms with Gasteiger partial charge in [0.05, 0.1) is 5.69 Å². The van der Waals surface area contributed by atoms with Gasteiger partial charge in [-0.25, -0.2) is 15.0 Å². The number of amides is 2. The number of benzene rings is 1. The van der Waals surface area contributed by atoms with Crippen molar-refractivity contribution in [2.75, 3.05) is 36.4 Å². The summed E-state index contributed by atoms with van der Waals surface area (Å²) in [7, 11) is 0. The monoisotopic (exact) mass is 456 g/mol. The van der Waals surface area contributed by atoms with Crippen molar-refractivity contribution >= 4 is 45.8 Å². The molecule has 1 aliphatic heterocycles. The summed E-state index contributed by atoms with van der Waals surface area (Å²) in [5, 5.41) is 5.74. The number of piperazine rings is 1. The van der Waals surface area contributed by atoms with Crippen molar-refractivity contribution in [3.05, 3.63) is 64.4 Å². The number of anilines is 2. The van der Waals surface area contributed by atoms with Gasteiger partial charge in [0.25, 0.3) is 5.91 Å². The normalized spacial score (nSPS) is 13.8. The molecule has 3 heterocycles. The van der Waals surface area contributed by atoms with Gasteiger partial charge in [-0.3, -0.25) is 14.9 Å². The molecule has 1 aromatic carbocycles. The van der Waals surface area contributed by atoms with E-state index >= 15 is 0 Å². The van der Waals surface area contributed by atoms with Crippen LogP contribution in [-0.2, 0) is 11.2 Å². The van der Waals surface area contributed by atoms with E-state index in [9.17, 15) is 9.59 Å². The lowest BCUT2D eigenvalue weighted by molar-refractivity contribution is -0.131. The Morgan fingerprint density at radius 3 is 2.48 bits per heavy atom. The smallest absolute Gasteiger partial charge is 0.257 e. The number of thiazole rings is 1. The Hall–Kier alpha value is -3.04. The fourth-order valence-electron chi connectivity index (χ4n) is 3.25. The maximum absolute atomic E-state index is 12.6. The summed E-state index contributed by atoms with van der Waals surface area (Å²) in [6.07, 6.45) is 4.37. The van der Waals surface area contributed by atoms with E-state index in [0.29, 0.717) is 60.7 Å². The molecule has 1 aliphatic rings. The Morgan fingerprint density at radius 1 is 1.06 bits per heavy atom. The molecule has 0 radical (unpaired) electrons. The predicted molar refractivity (Wildman–Crippen MR) is 121 cm³/mol. The average Bonchev–Trinajstić information content (AvgIpc) is 3.26. The molecule has 0 spiro atoms. The van der Waals surface area contributed by atoms with Gasteiger partial charge in [0.15, 0.2) is 5.13 Å². The van der Waals surface area contributed by atoms with Gasteiger partial charge in [0.1, 0.15) is 0 Å². The molecule has 1 fully saturated rings. The zero-order valence-corrected chi connectivity index (χ0v) is 18.3. The molecule has 31 heavy (non-hydrogen) atoms. The second-order valence-corrected chi connectivity index (χ2v) is 8.32. The number of nitrogens with one attached hydrogen (secondary N) is 1. The maximum atomic E-state index is 12.6. The highest BCUT2D eigenvalue weighted by molar-refractivity contribution is 7.14. The van der Waals surface area contributed by atoms with E-state index in [-0.39, 0.29) is 11.8 Å². The topological polar surface area (TPSA) is 91.3 Å². The van der Waals surface area contributed by atoms with E-state index in [4.69, 9.17) is 11.6 Å². The highest BCUT2D eigenvalue weighted by atomic mass is 35.5. The van der Waals surface area contributed by atoms with E-state index in [2.05, 4.69) is 25.2 Å². The minimum atomic E-state index is -0.242. The van der Waals surface area contributed by atoms with E-state index < -0.39 is 0 Å². The summed E-state index contributed by atoms with van der Waals surface area (Å²) >= 11 is 7.20. The van der Waals surface area contributed by atoms with Gasteiger partial charge in [-0.1, -0.05) is 11.6 Å². The van der Waals surface area contributed by atoms with Gasteiger partial charge in [-0.15, -0.1) is 11.3 Å². The Bertz CT molecular complexity index is 1040. The summed E-state index contributed by atoms with van der Waals surface area (Å²) in [6, 6.07) is 8.45. The lowest BCUT2D eigenvalue weighted by Crippen LogP contribution is -2.49. The second kappa shape index (κ2) is 9.84. The molecule has 0 atom stereocenters. The molecule has 2 amide bonds. The first-order valence-corrected chi connectivity index (χ1v) is 11.2. The summed E-state index contributed by atoms with van der Waals surface area (Å²) in [5.74, 6) is 0.563. The minimum absolute atomic E-state index is 0.105. The van der Waals surface area contributed by atoms with Crippen LogP contribution in [0.5, 0.6) is 0 Å². The van der Waals surface area contributed by atoms with Crippen molar-refractivity contribution in [3.63, 3.8) is 0 Å². The lowest BCUT2D eigenvalue weighted by atomic mass is 10.2. The number of aryl methyl sites for hydroxylation is 1. The molecular formula is C21H21ClN6O2S. The highest BCUT2D eigenvalue weighted by Crippen LogP contribution is 2.19. The maximum Gasteiger partial charge on any atom is 0.257 e. The van der Waals surface area contributed by atoms with Gasteiger partial charge >= 0.3 is 0 Å². The first kappa shape index (κ1) is 21.2. The Balaban J connectivity index is 1.23. The molecule has 8 nitrogen and oxygen atoms in total. The van der Waals surface area contributed by atoms with Crippen LogP contribution >= 0.6 is 22.9 Å². The predicted octanol–water partition coefficient (Wildman–Crippen LogP) is 3.12. The van der Waals surface area contributed by atoms with E-state index in [1.54, 1.807) is 42.7 Å². The van der Waals surface area contributed by atoms with Gasteiger partial charge in [-0.05, 0) is 36.8 Å². The molecular weight excluding hydrogens is 436 g/mol. The van der Waals surface area contributed by atoms with Crippen molar-refractivity contribution in [3.8, 4) is 0 Å². The van der Waals surface area contributed by atoms with Gasteiger partial charge < -0.3 is 9.80 Å². The van der Waals surface area contributed by atoms with Crippen LogP contribution in [0.4, 0.5) is 11.1 Å². The molecule has 160 valence electrons. The molecule has 0 unspecified atom stereocenters. The van der Waals surface area contributed by atoms with Crippen LogP contribution in [0.3, 0.4) is 0 Å². The SMILES string of the molecule is O=C(Nc1nc(CCC(=O)N2CCN(c3ncccn3)CC2)cs1)c1ccc(Cl)cc1. The number of nitrogens with zero attached hydrogens (tertiary/aromatic N) is 5. The standard InChI is InChI=1S/C21H21ClN6O2S/c22-16-4-2-15(3-5-16)19(30)26-21-25-17(14-31-21)6-7-18(29)27-10-12-28(13-11-27)20-23-8-1-9-24-20/h1-5,8-9,14H,6-7,10-13H2,(H,25,26,30). The fourth-order valence-corrected chi connectivity index (χ4v) is 4.12. The number of hydrogen-bond donors (Lipinski definition) is 1. The molecule has 1 saturated heterocycles. The summed E-state index contributed by atoms with van der Waals surface area (Å²) in [4.78, 5) is 41.8. The molecule has 2 aromatic heterocycles. The largest absolute Gasteiger partial charge is 0.339 e. The summed E-state index contributed by atoms with van der Waals surface area (Å²) < 4.78 is 0. The Morgan fingerprint density at radius 2 is 1.77 bits per heavy atom. The van der Waals surface area contributed by atoms with E-state index in [1.165, 1.54) is 11.3 Å². The van der Waals surface area contributed by atoms with Crippen LogP contribution < -0.4 is 10.2 Å². The van der Waals surface area contributed by atoms with Crippen molar-refractivity contribution in [2.24, 2.45) is 0 Å². The third kappa shape index (κ3) is 5.56. The van der Waals surface area contributed by atoms with Crippen LogP contribution in [0.2, 0.25) is 5.02 Å². The van der Waals surface area contributed by atoms with Crippen molar-refractivity contribution in [2.45, 2.75) is 12.8 Å². The number of aromatic nitrogens is 3. The van der Waals surface area contributed by atoms with Crippen LogP contribution in [0, 0.1) is 0 Å². The first-order valence-electron chi connectivity index (χ1n) is 9.89. The zero-order valence-electron chi connectivity index (χ0n) is 16.7. The third-order valence-electron chi connectivity index (χ3n) is 4.94. The molecule has 0 saturated carbocycles. The number of carbonyl (C=O) groups excluding carboxylic acids is 2. The molecule has 3 aromatic rings. The molecule has 4 rings (SSSR count). The van der Waals surface area contributed by atoms with Gasteiger partial charge in [0, 0.05) is 61.0 Å². The number of halogens is 1. The summed E-state index contributed by atoms with van der Waals surface area (Å²) in [6.45, 7) is 2.73. The van der Waals surface area contributed by atoms with Crippen molar-refractivity contribution in [1.82, 2.24) is 19.9 Å². The van der Waals surface area contributed by atoms with E-state index in [0.717, 1.165) is 5.69 Å². The summed E-state index contributed by atoms with van der Waals surface area (Å²) in [5.41, 5.74) is 1.30. The van der Waals surface area contributed by atoms with Crippen LogP contribution in [-0.4, -0.2) is 57.8 Å². The molecule has 1 N–H and O–H groups in total. The Labute approximate surface area is 188 Å². The number of rotatable bonds is 6.